The van der Waals surface area contributed by atoms with E-state index in [1.165, 1.54) is 22.7 Å². The number of rotatable bonds is 7. The summed E-state index contributed by atoms with van der Waals surface area (Å²) < 4.78 is 26.0. The normalized spacial score (nSPS) is 14.2. The molecule has 1 aliphatic rings. The molecule has 0 saturated carbocycles. The summed E-state index contributed by atoms with van der Waals surface area (Å²) >= 11 is 6.19. The SMILES string of the molecule is CS(=O)(=O)N(Cc1ccccc1Cl)c1ccc(C(=O)NCC2=CCCCC2)cc1. The molecule has 0 atom stereocenters. The Kier molecular flexibility index (Phi) is 6.98. The van der Waals surface area contributed by atoms with Crippen molar-refractivity contribution in [1.82, 2.24) is 5.32 Å². The molecule has 0 aliphatic heterocycles. The molecular weight excluding hydrogens is 408 g/mol. The van der Waals surface area contributed by atoms with Crippen LogP contribution in [0.2, 0.25) is 5.02 Å². The predicted octanol–water partition coefficient (Wildman–Crippen LogP) is 4.54. The van der Waals surface area contributed by atoms with Crippen LogP contribution in [-0.2, 0) is 16.6 Å². The number of benzene rings is 2. The second-order valence-electron chi connectivity index (χ2n) is 7.20. The minimum Gasteiger partial charge on any atom is -0.348 e. The third-order valence-corrected chi connectivity index (χ3v) is 6.46. The number of anilines is 1. The van der Waals surface area contributed by atoms with E-state index in [1.54, 1.807) is 42.5 Å². The van der Waals surface area contributed by atoms with Crippen LogP contribution in [0.25, 0.3) is 0 Å². The average Bonchev–Trinajstić information content (AvgIpc) is 2.71. The molecule has 29 heavy (non-hydrogen) atoms. The Hall–Kier alpha value is -2.31. The van der Waals surface area contributed by atoms with E-state index in [9.17, 15) is 13.2 Å². The lowest BCUT2D eigenvalue weighted by Gasteiger charge is -2.23. The fourth-order valence-corrected chi connectivity index (χ4v) is 4.40. The van der Waals surface area contributed by atoms with E-state index in [-0.39, 0.29) is 12.5 Å². The van der Waals surface area contributed by atoms with Crippen LogP contribution in [0.4, 0.5) is 5.69 Å². The Balaban J connectivity index is 1.72. The van der Waals surface area contributed by atoms with Crippen molar-refractivity contribution in [3.63, 3.8) is 0 Å². The number of allylic oxidation sites excluding steroid dienone is 1. The quantitative estimate of drug-likeness (QED) is 0.653. The molecule has 2 aromatic rings. The number of carbonyl (C=O) groups excluding carboxylic acids is 1. The summed E-state index contributed by atoms with van der Waals surface area (Å²) in [4.78, 5) is 12.4. The second-order valence-corrected chi connectivity index (χ2v) is 9.51. The number of hydrogen-bond donors (Lipinski definition) is 1. The molecule has 0 spiro atoms. The fraction of sp³-hybridized carbons (Fsp3) is 0.318. The van der Waals surface area contributed by atoms with Crippen LogP contribution in [0, 0.1) is 0 Å². The number of hydrogen-bond acceptors (Lipinski definition) is 3. The van der Waals surface area contributed by atoms with Crippen LogP contribution in [0.3, 0.4) is 0 Å². The van der Waals surface area contributed by atoms with Gasteiger partial charge in [-0.25, -0.2) is 8.42 Å². The molecule has 154 valence electrons. The molecule has 0 aromatic heterocycles. The highest BCUT2D eigenvalue weighted by Gasteiger charge is 2.19. The van der Waals surface area contributed by atoms with Gasteiger partial charge in [-0.15, -0.1) is 0 Å². The Labute approximate surface area is 177 Å². The molecule has 0 heterocycles. The Morgan fingerprint density at radius 3 is 2.45 bits per heavy atom. The lowest BCUT2D eigenvalue weighted by atomic mass is 9.99. The first-order chi connectivity index (χ1) is 13.8. The first-order valence-electron chi connectivity index (χ1n) is 9.62. The zero-order chi connectivity index (χ0) is 20.9. The maximum absolute atomic E-state index is 12.4. The highest BCUT2D eigenvalue weighted by Crippen LogP contribution is 2.24. The predicted molar refractivity (Wildman–Crippen MR) is 118 cm³/mol. The van der Waals surface area contributed by atoms with E-state index in [0.717, 1.165) is 19.1 Å². The average molecular weight is 433 g/mol. The minimum atomic E-state index is -3.52. The van der Waals surface area contributed by atoms with Gasteiger partial charge in [-0.1, -0.05) is 41.4 Å². The number of amides is 1. The topological polar surface area (TPSA) is 66.5 Å². The number of carbonyl (C=O) groups is 1. The van der Waals surface area contributed by atoms with Crippen LogP contribution < -0.4 is 9.62 Å². The summed E-state index contributed by atoms with van der Waals surface area (Å²) in [5.41, 5.74) is 2.96. The van der Waals surface area contributed by atoms with Gasteiger partial charge in [-0.05, 0) is 61.6 Å². The summed E-state index contributed by atoms with van der Waals surface area (Å²) in [6.45, 7) is 0.681. The van der Waals surface area contributed by atoms with E-state index in [0.29, 0.717) is 28.4 Å². The van der Waals surface area contributed by atoms with Gasteiger partial charge >= 0.3 is 0 Å². The molecule has 0 bridgehead atoms. The van der Waals surface area contributed by atoms with Gasteiger partial charge in [-0.2, -0.15) is 0 Å². The number of nitrogens with zero attached hydrogens (tertiary/aromatic N) is 1. The Morgan fingerprint density at radius 2 is 1.83 bits per heavy atom. The van der Waals surface area contributed by atoms with Crippen LogP contribution in [-0.4, -0.2) is 27.1 Å². The molecule has 1 amide bonds. The van der Waals surface area contributed by atoms with E-state index in [4.69, 9.17) is 11.6 Å². The number of nitrogens with one attached hydrogen (secondary N) is 1. The maximum Gasteiger partial charge on any atom is 0.251 e. The molecule has 0 fully saturated rings. The minimum absolute atomic E-state index is 0.123. The van der Waals surface area contributed by atoms with E-state index >= 15 is 0 Å². The maximum atomic E-state index is 12.4. The van der Waals surface area contributed by atoms with Gasteiger partial charge in [0.2, 0.25) is 10.0 Å². The zero-order valence-corrected chi connectivity index (χ0v) is 18.0. The second kappa shape index (κ2) is 9.46. The summed E-state index contributed by atoms with van der Waals surface area (Å²) in [5, 5.41) is 3.45. The lowest BCUT2D eigenvalue weighted by Crippen LogP contribution is -2.29. The monoisotopic (exact) mass is 432 g/mol. The molecule has 1 aliphatic carbocycles. The van der Waals surface area contributed by atoms with E-state index in [2.05, 4.69) is 11.4 Å². The Morgan fingerprint density at radius 1 is 1.10 bits per heavy atom. The molecular formula is C22H25ClN2O3S. The van der Waals surface area contributed by atoms with Gasteiger partial charge in [0.05, 0.1) is 18.5 Å². The van der Waals surface area contributed by atoms with Gasteiger partial charge < -0.3 is 5.32 Å². The molecule has 3 rings (SSSR count). The van der Waals surface area contributed by atoms with Gasteiger partial charge in [0.1, 0.15) is 0 Å². The number of halogens is 1. The van der Waals surface area contributed by atoms with E-state index < -0.39 is 10.0 Å². The van der Waals surface area contributed by atoms with Crippen molar-refractivity contribution in [3.8, 4) is 0 Å². The fourth-order valence-electron chi connectivity index (χ4n) is 3.32. The molecule has 0 radical (unpaired) electrons. The van der Waals surface area contributed by atoms with Gasteiger partial charge in [0.25, 0.3) is 5.91 Å². The first-order valence-corrected chi connectivity index (χ1v) is 11.8. The van der Waals surface area contributed by atoms with Crippen molar-refractivity contribution < 1.29 is 13.2 Å². The van der Waals surface area contributed by atoms with Gasteiger partial charge in [0, 0.05) is 17.1 Å². The van der Waals surface area contributed by atoms with Crippen molar-refractivity contribution in [1.29, 1.82) is 0 Å². The third kappa shape index (κ3) is 5.84. The smallest absolute Gasteiger partial charge is 0.251 e. The summed E-state index contributed by atoms with van der Waals surface area (Å²) in [5.74, 6) is -0.167. The van der Waals surface area contributed by atoms with Gasteiger partial charge in [0.15, 0.2) is 0 Å². The van der Waals surface area contributed by atoms with Crippen LogP contribution in [0.15, 0.2) is 60.2 Å². The van der Waals surface area contributed by atoms with E-state index in [1.807, 2.05) is 6.07 Å². The van der Waals surface area contributed by atoms with Crippen molar-refractivity contribution in [2.75, 3.05) is 17.1 Å². The van der Waals surface area contributed by atoms with Crippen molar-refractivity contribution in [2.45, 2.75) is 32.2 Å². The largest absolute Gasteiger partial charge is 0.348 e. The van der Waals surface area contributed by atoms with Crippen LogP contribution >= 0.6 is 11.6 Å². The van der Waals surface area contributed by atoms with Crippen molar-refractivity contribution in [2.24, 2.45) is 0 Å². The van der Waals surface area contributed by atoms with Crippen molar-refractivity contribution >= 4 is 33.2 Å². The molecule has 5 nitrogen and oxygen atoms in total. The van der Waals surface area contributed by atoms with Crippen LogP contribution in [0.5, 0.6) is 0 Å². The molecule has 2 aromatic carbocycles. The summed E-state index contributed by atoms with van der Waals surface area (Å²) in [6.07, 6.45) is 7.85. The summed E-state index contributed by atoms with van der Waals surface area (Å²) in [7, 11) is -3.52. The highest BCUT2D eigenvalue weighted by atomic mass is 35.5. The van der Waals surface area contributed by atoms with Crippen LogP contribution in [0.1, 0.15) is 41.6 Å². The number of sulfonamides is 1. The summed E-state index contributed by atoms with van der Waals surface area (Å²) in [6, 6.07) is 13.7. The molecule has 1 N–H and O–H groups in total. The Bertz CT molecular complexity index is 1000. The lowest BCUT2D eigenvalue weighted by molar-refractivity contribution is 0.0956. The van der Waals surface area contributed by atoms with Crippen molar-refractivity contribution in [3.05, 3.63) is 76.3 Å². The van der Waals surface area contributed by atoms with Gasteiger partial charge in [-0.3, -0.25) is 9.10 Å². The highest BCUT2D eigenvalue weighted by molar-refractivity contribution is 7.92. The third-order valence-electron chi connectivity index (χ3n) is 4.95. The standard InChI is InChI=1S/C22H25ClN2O3S/c1-29(27,28)25(16-19-9-5-6-10-21(19)23)20-13-11-18(12-14-20)22(26)24-15-17-7-3-2-4-8-17/h5-7,9-14H,2-4,8,15-16H2,1H3,(H,24,26). The first kappa shape index (κ1) is 21.4. The zero-order valence-electron chi connectivity index (χ0n) is 16.4. The molecule has 7 heteroatoms. The molecule has 0 unspecified atom stereocenters. The molecule has 0 saturated heterocycles.